The second-order valence-electron chi connectivity index (χ2n) is 4.15. The van der Waals surface area contributed by atoms with Gasteiger partial charge < -0.3 is 15.2 Å². The molecule has 1 fully saturated rings. The van der Waals surface area contributed by atoms with Crippen molar-refractivity contribution in [2.75, 3.05) is 18.9 Å². The third-order valence-corrected chi connectivity index (χ3v) is 2.85. The molecule has 0 bridgehead atoms. The highest BCUT2D eigenvalue weighted by Gasteiger charge is 2.15. The molecule has 2 heterocycles. The first-order chi connectivity index (χ1) is 7.77. The molecule has 0 saturated carbocycles. The predicted molar refractivity (Wildman–Crippen MR) is 62.5 cm³/mol. The van der Waals surface area contributed by atoms with E-state index in [1.54, 1.807) is 6.20 Å². The number of hydrogen-bond donors (Lipinski definition) is 1. The van der Waals surface area contributed by atoms with Gasteiger partial charge in [0.1, 0.15) is 6.61 Å². The summed E-state index contributed by atoms with van der Waals surface area (Å²) in [5.41, 5.74) is 7.49. The van der Waals surface area contributed by atoms with E-state index in [2.05, 4.69) is 4.98 Å². The summed E-state index contributed by atoms with van der Waals surface area (Å²) in [7, 11) is 0. The second kappa shape index (κ2) is 5.16. The molecule has 1 unspecified atom stereocenters. The van der Waals surface area contributed by atoms with Crippen molar-refractivity contribution in [1.82, 2.24) is 4.98 Å². The molecule has 2 N–H and O–H groups in total. The number of anilines is 1. The van der Waals surface area contributed by atoms with E-state index in [0.717, 1.165) is 25.0 Å². The van der Waals surface area contributed by atoms with E-state index in [-0.39, 0.29) is 6.10 Å². The fourth-order valence-electron chi connectivity index (χ4n) is 1.77. The van der Waals surface area contributed by atoms with Crippen LogP contribution in [0.2, 0.25) is 0 Å². The molecule has 2 rings (SSSR count). The van der Waals surface area contributed by atoms with Crippen LogP contribution in [0.4, 0.5) is 5.69 Å². The van der Waals surface area contributed by atoms with Crippen LogP contribution in [0.15, 0.2) is 12.3 Å². The topological polar surface area (TPSA) is 57.4 Å². The van der Waals surface area contributed by atoms with Crippen LogP contribution in [0.3, 0.4) is 0 Å². The molecule has 0 amide bonds. The van der Waals surface area contributed by atoms with Crippen LogP contribution in [0.5, 0.6) is 5.88 Å². The van der Waals surface area contributed by atoms with Gasteiger partial charge in [-0.1, -0.05) is 0 Å². The molecule has 4 heteroatoms. The Morgan fingerprint density at radius 3 is 3.19 bits per heavy atom. The van der Waals surface area contributed by atoms with Crippen LogP contribution in [0, 0.1) is 6.92 Å². The maximum Gasteiger partial charge on any atom is 0.237 e. The maximum absolute atomic E-state index is 5.87. The molecular formula is C12H18N2O2. The lowest BCUT2D eigenvalue weighted by molar-refractivity contribution is -0.0117. The van der Waals surface area contributed by atoms with Crippen molar-refractivity contribution in [3.63, 3.8) is 0 Å². The van der Waals surface area contributed by atoms with Gasteiger partial charge in [0.2, 0.25) is 5.88 Å². The summed E-state index contributed by atoms with van der Waals surface area (Å²) in [5.74, 6) is 0.522. The highest BCUT2D eigenvalue weighted by molar-refractivity contribution is 5.53. The molecule has 1 atom stereocenters. The van der Waals surface area contributed by atoms with Crippen molar-refractivity contribution in [3.05, 3.63) is 17.8 Å². The van der Waals surface area contributed by atoms with Gasteiger partial charge in [-0.25, -0.2) is 4.98 Å². The fraction of sp³-hybridized carbons (Fsp3) is 0.583. The zero-order chi connectivity index (χ0) is 11.4. The SMILES string of the molecule is Cc1ccnc(OCC2CCCCO2)c1N. The fourth-order valence-corrected chi connectivity index (χ4v) is 1.77. The number of ether oxygens (including phenoxy) is 2. The van der Waals surface area contributed by atoms with E-state index in [4.69, 9.17) is 15.2 Å². The zero-order valence-corrected chi connectivity index (χ0v) is 9.61. The molecule has 88 valence electrons. The van der Waals surface area contributed by atoms with Gasteiger partial charge in [-0.3, -0.25) is 0 Å². The van der Waals surface area contributed by atoms with Gasteiger partial charge >= 0.3 is 0 Å². The molecule has 1 saturated heterocycles. The molecule has 1 aliphatic heterocycles. The third kappa shape index (κ3) is 2.64. The van der Waals surface area contributed by atoms with Gasteiger partial charge in [0.15, 0.2) is 0 Å². The second-order valence-corrected chi connectivity index (χ2v) is 4.15. The highest BCUT2D eigenvalue weighted by Crippen LogP contribution is 2.22. The van der Waals surface area contributed by atoms with Gasteiger partial charge in [0.05, 0.1) is 11.8 Å². The number of pyridine rings is 1. The van der Waals surface area contributed by atoms with Gasteiger partial charge in [0, 0.05) is 12.8 Å². The Morgan fingerprint density at radius 1 is 1.56 bits per heavy atom. The van der Waals surface area contributed by atoms with E-state index in [9.17, 15) is 0 Å². The summed E-state index contributed by atoms with van der Waals surface area (Å²) in [6, 6.07) is 1.87. The van der Waals surface area contributed by atoms with Crippen LogP contribution < -0.4 is 10.5 Å². The van der Waals surface area contributed by atoms with Crippen molar-refractivity contribution < 1.29 is 9.47 Å². The van der Waals surface area contributed by atoms with Crippen LogP contribution in [-0.4, -0.2) is 24.3 Å². The van der Waals surface area contributed by atoms with Crippen molar-refractivity contribution in [1.29, 1.82) is 0 Å². The van der Waals surface area contributed by atoms with Gasteiger partial charge in [0.25, 0.3) is 0 Å². The van der Waals surface area contributed by atoms with Gasteiger partial charge in [-0.2, -0.15) is 0 Å². The molecular weight excluding hydrogens is 204 g/mol. The minimum Gasteiger partial charge on any atom is -0.473 e. The number of hydrogen-bond acceptors (Lipinski definition) is 4. The minimum atomic E-state index is 0.190. The quantitative estimate of drug-likeness (QED) is 0.848. The Morgan fingerprint density at radius 2 is 2.44 bits per heavy atom. The zero-order valence-electron chi connectivity index (χ0n) is 9.61. The lowest BCUT2D eigenvalue weighted by atomic mass is 10.1. The van der Waals surface area contributed by atoms with Crippen molar-refractivity contribution >= 4 is 5.69 Å². The lowest BCUT2D eigenvalue weighted by Gasteiger charge is -2.22. The molecule has 0 radical (unpaired) electrons. The average molecular weight is 222 g/mol. The Kier molecular flexibility index (Phi) is 3.62. The first-order valence-electron chi connectivity index (χ1n) is 5.73. The number of rotatable bonds is 3. The van der Waals surface area contributed by atoms with E-state index in [1.165, 1.54) is 6.42 Å². The Balaban J connectivity index is 1.91. The molecule has 16 heavy (non-hydrogen) atoms. The Bertz CT molecular complexity index is 349. The molecule has 0 spiro atoms. The smallest absolute Gasteiger partial charge is 0.237 e. The minimum absolute atomic E-state index is 0.190. The van der Waals surface area contributed by atoms with Gasteiger partial charge in [-0.15, -0.1) is 0 Å². The van der Waals surface area contributed by atoms with Crippen LogP contribution >= 0.6 is 0 Å². The standard InChI is InChI=1S/C12H18N2O2/c1-9-5-6-14-12(11(9)13)16-8-10-4-2-3-7-15-10/h5-6,10H,2-4,7-8,13H2,1H3. The molecule has 0 aromatic carbocycles. The summed E-state index contributed by atoms with van der Waals surface area (Å²) in [6.07, 6.45) is 5.33. The molecule has 4 nitrogen and oxygen atoms in total. The normalized spacial score (nSPS) is 20.7. The average Bonchev–Trinajstić information content (AvgIpc) is 2.32. The monoisotopic (exact) mass is 222 g/mol. The van der Waals surface area contributed by atoms with Crippen LogP contribution in [0.1, 0.15) is 24.8 Å². The van der Waals surface area contributed by atoms with Crippen LogP contribution in [0.25, 0.3) is 0 Å². The van der Waals surface area contributed by atoms with Crippen molar-refractivity contribution in [2.24, 2.45) is 0 Å². The number of nitrogens with zero attached hydrogens (tertiary/aromatic N) is 1. The summed E-state index contributed by atoms with van der Waals surface area (Å²) in [6.45, 7) is 3.33. The summed E-state index contributed by atoms with van der Waals surface area (Å²) in [5, 5.41) is 0. The first kappa shape index (κ1) is 11.2. The van der Waals surface area contributed by atoms with E-state index in [1.807, 2.05) is 13.0 Å². The number of nitrogen functional groups attached to an aromatic ring is 1. The van der Waals surface area contributed by atoms with Gasteiger partial charge in [-0.05, 0) is 37.8 Å². The highest BCUT2D eigenvalue weighted by atomic mass is 16.5. The predicted octanol–water partition coefficient (Wildman–Crippen LogP) is 1.92. The molecule has 0 aliphatic carbocycles. The summed E-state index contributed by atoms with van der Waals surface area (Å²) in [4.78, 5) is 4.12. The number of nitrogens with two attached hydrogens (primary N) is 1. The van der Waals surface area contributed by atoms with Crippen LogP contribution in [-0.2, 0) is 4.74 Å². The number of aromatic nitrogens is 1. The summed E-state index contributed by atoms with van der Waals surface area (Å²) >= 11 is 0. The summed E-state index contributed by atoms with van der Waals surface area (Å²) < 4.78 is 11.2. The first-order valence-corrected chi connectivity index (χ1v) is 5.73. The number of aryl methyl sites for hydroxylation is 1. The maximum atomic E-state index is 5.87. The third-order valence-electron chi connectivity index (χ3n) is 2.85. The molecule has 1 aliphatic rings. The Hall–Kier alpha value is -1.29. The molecule has 1 aromatic heterocycles. The molecule has 1 aromatic rings. The van der Waals surface area contributed by atoms with Crippen molar-refractivity contribution in [3.8, 4) is 5.88 Å². The Labute approximate surface area is 95.8 Å². The lowest BCUT2D eigenvalue weighted by Crippen LogP contribution is -2.26. The van der Waals surface area contributed by atoms with Crippen molar-refractivity contribution in [2.45, 2.75) is 32.3 Å². The van der Waals surface area contributed by atoms with E-state index >= 15 is 0 Å². The van der Waals surface area contributed by atoms with E-state index in [0.29, 0.717) is 18.2 Å². The largest absolute Gasteiger partial charge is 0.473 e. The van der Waals surface area contributed by atoms with E-state index < -0.39 is 0 Å².